The Morgan fingerprint density at radius 1 is 1.28 bits per heavy atom. The van der Waals surface area contributed by atoms with Crippen molar-refractivity contribution in [1.82, 2.24) is 15.5 Å². The lowest BCUT2D eigenvalue weighted by atomic mass is 10.1. The van der Waals surface area contributed by atoms with Crippen molar-refractivity contribution in [1.29, 1.82) is 0 Å². The van der Waals surface area contributed by atoms with Crippen LogP contribution in [0.1, 0.15) is 32.4 Å². The van der Waals surface area contributed by atoms with Crippen LogP contribution >= 0.6 is 24.0 Å². The third-order valence-electron chi connectivity index (χ3n) is 4.83. The van der Waals surface area contributed by atoms with Crippen LogP contribution in [-0.2, 0) is 4.74 Å². The molecule has 0 amide bonds. The van der Waals surface area contributed by atoms with E-state index in [1.54, 1.807) is 7.11 Å². The molecule has 0 spiro atoms. The lowest BCUT2D eigenvalue weighted by molar-refractivity contribution is 0.106. The minimum absolute atomic E-state index is 0. The number of hydrogen-bond donors (Lipinski definition) is 2. The Hall–Kier alpha value is -0.860. The van der Waals surface area contributed by atoms with E-state index in [4.69, 9.17) is 4.74 Å². The van der Waals surface area contributed by atoms with E-state index in [2.05, 4.69) is 53.4 Å². The van der Waals surface area contributed by atoms with Crippen molar-refractivity contribution < 1.29 is 4.74 Å². The van der Waals surface area contributed by atoms with Gasteiger partial charge in [0.25, 0.3) is 0 Å². The number of aliphatic imine (C=N–C) groups is 1. The third kappa shape index (κ3) is 6.42. The second-order valence-corrected chi connectivity index (χ2v) is 6.86. The highest BCUT2D eigenvalue weighted by Gasteiger charge is 2.31. The van der Waals surface area contributed by atoms with Crippen LogP contribution in [0.4, 0.5) is 0 Å². The van der Waals surface area contributed by atoms with Crippen molar-refractivity contribution in [2.45, 2.75) is 39.0 Å². The minimum Gasteiger partial charge on any atom is -0.375 e. The zero-order chi connectivity index (χ0) is 17.5. The molecule has 1 saturated heterocycles. The van der Waals surface area contributed by atoms with Gasteiger partial charge >= 0.3 is 0 Å². The number of rotatable bonds is 6. The number of benzene rings is 1. The van der Waals surface area contributed by atoms with Gasteiger partial charge in [-0.2, -0.15) is 0 Å². The summed E-state index contributed by atoms with van der Waals surface area (Å²) >= 11 is 0. The van der Waals surface area contributed by atoms with E-state index < -0.39 is 0 Å². The van der Waals surface area contributed by atoms with Gasteiger partial charge in [0.05, 0.1) is 6.10 Å². The first-order chi connectivity index (χ1) is 11.5. The van der Waals surface area contributed by atoms with Gasteiger partial charge in [-0.25, -0.2) is 0 Å². The van der Waals surface area contributed by atoms with Crippen molar-refractivity contribution in [3.8, 4) is 0 Å². The Kier molecular flexibility index (Phi) is 9.74. The number of likely N-dealkylation sites (tertiary alicyclic amines) is 1. The summed E-state index contributed by atoms with van der Waals surface area (Å²) in [6.45, 7) is 9.70. The number of halogens is 1. The van der Waals surface area contributed by atoms with E-state index in [-0.39, 0.29) is 30.1 Å². The van der Waals surface area contributed by atoms with Crippen LogP contribution in [0.5, 0.6) is 0 Å². The summed E-state index contributed by atoms with van der Waals surface area (Å²) in [5.41, 5.74) is 1.17. The van der Waals surface area contributed by atoms with Crippen LogP contribution in [0.3, 0.4) is 0 Å². The largest absolute Gasteiger partial charge is 0.375 e. The SMILES string of the molecule is CN=C(NCC(OC)c1ccccc1)NC1CN(C(C)C)CC1C.I. The molecule has 1 aromatic carbocycles. The molecule has 5 nitrogen and oxygen atoms in total. The van der Waals surface area contributed by atoms with Crippen molar-refractivity contribution in [3.63, 3.8) is 0 Å². The number of nitrogens with one attached hydrogen (secondary N) is 2. The number of methoxy groups -OCH3 is 1. The summed E-state index contributed by atoms with van der Waals surface area (Å²) in [5.74, 6) is 1.45. The van der Waals surface area contributed by atoms with E-state index in [1.807, 2.05) is 25.2 Å². The van der Waals surface area contributed by atoms with Crippen molar-refractivity contribution in [3.05, 3.63) is 35.9 Å². The summed E-state index contributed by atoms with van der Waals surface area (Å²) in [5, 5.41) is 6.98. The fourth-order valence-corrected chi connectivity index (χ4v) is 3.18. The first-order valence-electron chi connectivity index (χ1n) is 8.84. The molecule has 1 aliphatic heterocycles. The smallest absolute Gasteiger partial charge is 0.191 e. The normalized spacial score (nSPS) is 22.6. The zero-order valence-corrected chi connectivity index (χ0v) is 18.4. The summed E-state index contributed by atoms with van der Waals surface area (Å²) in [6.07, 6.45) is 0.0120. The van der Waals surface area contributed by atoms with Crippen LogP contribution in [0.15, 0.2) is 35.3 Å². The van der Waals surface area contributed by atoms with E-state index >= 15 is 0 Å². The maximum absolute atomic E-state index is 5.62. The maximum Gasteiger partial charge on any atom is 0.191 e. The molecule has 3 atom stereocenters. The third-order valence-corrected chi connectivity index (χ3v) is 4.83. The molecule has 1 heterocycles. The first-order valence-corrected chi connectivity index (χ1v) is 8.84. The van der Waals surface area contributed by atoms with Gasteiger partial charge in [0.1, 0.15) is 0 Å². The summed E-state index contributed by atoms with van der Waals surface area (Å²) < 4.78 is 5.62. The molecule has 6 heteroatoms. The van der Waals surface area contributed by atoms with Gasteiger partial charge in [0.15, 0.2) is 5.96 Å². The van der Waals surface area contributed by atoms with E-state index in [0.717, 1.165) is 19.0 Å². The van der Waals surface area contributed by atoms with Crippen molar-refractivity contribution >= 4 is 29.9 Å². The second kappa shape index (κ2) is 11.0. The summed E-state index contributed by atoms with van der Waals surface area (Å²) in [7, 11) is 3.56. The summed E-state index contributed by atoms with van der Waals surface area (Å²) in [6, 6.07) is 11.3. The summed E-state index contributed by atoms with van der Waals surface area (Å²) in [4.78, 5) is 6.89. The standard InChI is InChI=1S/C19H32N4O.HI/c1-14(2)23-12-15(3)17(13-23)22-19(20-4)21-11-18(24-5)16-9-7-6-8-10-16;/h6-10,14-15,17-18H,11-13H2,1-5H3,(H2,20,21,22);1H. The first kappa shape index (κ1) is 22.2. The van der Waals surface area contributed by atoms with E-state index in [0.29, 0.717) is 24.5 Å². The predicted molar refractivity (Wildman–Crippen MR) is 116 cm³/mol. The number of nitrogens with zero attached hydrogens (tertiary/aromatic N) is 2. The quantitative estimate of drug-likeness (QED) is 0.390. The van der Waals surface area contributed by atoms with Crippen LogP contribution < -0.4 is 10.6 Å². The van der Waals surface area contributed by atoms with Crippen LogP contribution in [0.25, 0.3) is 0 Å². The molecule has 0 bridgehead atoms. The van der Waals surface area contributed by atoms with Gasteiger partial charge in [0.2, 0.25) is 0 Å². The van der Waals surface area contributed by atoms with Crippen LogP contribution in [0.2, 0.25) is 0 Å². The van der Waals surface area contributed by atoms with Gasteiger partial charge in [-0.15, -0.1) is 24.0 Å². The van der Waals surface area contributed by atoms with E-state index in [9.17, 15) is 0 Å². The molecule has 25 heavy (non-hydrogen) atoms. The van der Waals surface area contributed by atoms with E-state index in [1.165, 1.54) is 5.56 Å². The second-order valence-electron chi connectivity index (χ2n) is 6.86. The highest BCUT2D eigenvalue weighted by molar-refractivity contribution is 14.0. The van der Waals surface area contributed by atoms with Gasteiger partial charge < -0.3 is 15.4 Å². The highest BCUT2D eigenvalue weighted by atomic mass is 127. The molecule has 2 rings (SSSR count). The van der Waals surface area contributed by atoms with Gasteiger partial charge in [-0.1, -0.05) is 37.3 Å². The lowest BCUT2D eigenvalue weighted by Crippen LogP contribution is -2.47. The Balaban J connectivity index is 0.00000312. The molecular formula is C19H33IN4O. The Labute approximate surface area is 169 Å². The predicted octanol–water partition coefficient (Wildman–Crippen LogP) is 2.89. The topological polar surface area (TPSA) is 48.9 Å². The molecule has 0 aromatic heterocycles. The van der Waals surface area contributed by atoms with Gasteiger partial charge in [-0.3, -0.25) is 9.89 Å². The van der Waals surface area contributed by atoms with Crippen LogP contribution in [-0.4, -0.2) is 56.7 Å². The molecule has 0 aliphatic carbocycles. The Bertz CT molecular complexity index is 523. The fraction of sp³-hybridized carbons (Fsp3) is 0.632. The van der Waals surface area contributed by atoms with Crippen LogP contribution in [0, 0.1) is 5.92 Å². The molecule has 1 aromatic rings. The lowest BCUT2D eigenvalue weighted by Gasteiger charge is -2.23. The molecule has 2 N–H and O–H groups in total. The van der Waals surface area contributed by atoms with Crippen molar-refractivity contribution in [2.75, 3.05) is 33.8 Å². The molecule has 1 fully saturated rings. The van der Waals surface area contributed by atoms with Crippen molar-refractivity contribution in [2.24, 2.45) is 10.9 Å². The zero-order valence-electron chi connectivity index (χ0n) is 16.0. The Morgan fingerprint density at radius 2 is 1.96 bits per heavy atom. The molecule has 3 unspecified atom stereocenters. The average molecular weight is 460 g/mol. The Morgan fingerprint density at radius 3 is 2.48 bits per heavy atom. The highest BCUT2D eigenvalue weighted by Crippen LogP contribution is 2.19. The maximum atomic E-state index is 5.62. The molecule has 142 valence electrons. The number of guanidine groups is 1. The number of ether oxygens (including phenoxy) is 1. The minimum atomic E-state index is 0. The monoisotopic (exact) mass is 460 g/mol. The van der Waals surface area contributed by atoms with Gasteiger partial charge in [0, 0.05) is 45.9 Å². The number of hydrogen-bond acceptors (Lipinski definition) is 3. The molecule has 0 radical (unpaired) electrons. The molecular weight excluding hydrogens is 427 g/mol. The molecule has 1 aliphatic rings. The molecule has 0 saturated carbocycles. The fourth-order valence-electron chi connectivity index (χ4n) is 3.18. The van der Waals surface area contributed by atoms with Gasteiger partial charge in [-0.05, 0) is 25.3 Å². The average Bonchev–Trinajstić information content (AvgIpc) is 2.96.